The number of rotatable bonds is 2. The molecular formula is C20H15NO2. The molecular weight excluding hydrogens is 286 g/mol. The first kappa shape index (κ1) is 13.6. The fraction of sp³-hybridized carbons (Fsp3) is 0.0500. The second-order valence-electron chi connectivity index (χ2n) is 5.39. The molecule has 1 aliphatic rings. The van der Waals surface area contributed by atoms with Crippen molar-refractivity contribution in [2.45, 2.75) is 6.23 Å². The fourth-order valence-corrected chi connectivity index (χ4v) is 2.90. The number of esters is 1. The molecule has 0 spiro atoms. The van der Waals surface area contributed by atoms with Crippen molar-refractivity contribution < 1.29 is 9.53 Å². The molecule has 0 bridgehead atoms. The minimum atomic E-state index is -0.471. The minimum Gasteiger partial charge on any atom is -0.433 e. The maximum atomic E-state index is 12.4. The van der Waals surface area contributed by atoms with Crippen LogP contribution in [0.15, 0.2) is 84.9 Å². The smallest absolute Gasteiger partial charge is 0.342 e. The zero-order chi connectivity index (χ0) is 15.6. The summed E-state index contributed by atoms with van der Waals surface area (Å²) in [6, 6.07) is 27.3. The maximum Gasteiger partial charge on any atom is 0.342 e. The molecule has 1 heterocycles. The van der Waals surface area contributed by atoms with Crippen molar-refractivity contribution in [2.24, 2.45) is 0 Å². The number of carbonyl (C=O) groups is 1. The van der Waals surface area contributed by atoms with Gasteiger partial charge in [0.25, 0.3) is 0 Å². The Hall–Kier alpha value is -3.07. The Balaban J connectivity index is 1.91. The highest BCUT2D eigenvalue weighted by Crippen LogP contribution is 2.41. The SMILES string of the molecule is O=C1OC(c2ccccc2)N(c2ccccc2)c2ccccc21. The van der Waals surface area contributed by atoms with Gasteiger partial charge in [-0.3, -0.25) is 0 Å². The van der Waals surface area contributed by atoms with E-state index in [-0.39, 0.29) is 5.97 Å². The second-order valence-corrected chi connectivity index (χ2v) is 5.39. The summed E-state index contributed by atoms with van der Waals surface area (Å²) >= 11 is 0. The van der Waals surface area contributed by atoms with E-state index in [1.54, 1.807) is 6.07 Å². The predicted octanol–water partition coefficient (Wildman–Crippen LogP) is 4.69. The zero-order valence-electron chi connectivity index (χ0n) is 12.4. The van der Waals surface area contributed by atoms with E-state index in [1.165, 1.54) is 0 Å². The van der Waals surface area contributed by atoms with E-state index in [0.717, 1.165) is 16.9 Å². The fourth-order valence-electron chi connectivity index (χ4n) is 2.90. The molecule has 0 fully saturated rings. The van der Waals surface area contributed by atoms with Gasteiger partial charge in [0.1, 0.15) is 0 Å². The van der Waals surface area contributed by atoms with Crippen molar-refractivity contribution >= 4 is 17.3 Å². The number of anilines is 2. The van der Waals surface area contributed by atoms with Crippen LogP contribution in [0.25, 0.3) is 0 Å². The zero-order valence-corrected chi connectivity index (χ0v) is 12.4. The number of nitrogens with zero attached hydrogens (tertiary/aromatic N) is 1. The van der Waals surface area contributed by atoms with Gasteiger partial charge in [0.2, 0.25) is 6.23 Å². The third kappa shape index (κ3) is 2.36. The van der Waals surface area contributed by atoms with Crippen molar-refractivity contribution in [3.63, 3.8) is 0 Å². The Morgan fingerprint density at radius 2 is 1.35 bits per heavy atom. The molecule has 4 rings (SSSR count). The van der Waals surface area contributed by atoms with E-state index in [1.807, 2.05) is 78.9 Å². The molecule has 0 saturated carbocycles. The average Bonchev–Trinajstić information content (AvgIpc) is 2.63. The summed E-state index contributed by atoms with van der Waals surface area (Å²) in [5, 5.41) is 0. The van der Waals surface area contributed by atoms with Gasteiger partial charge in [0.05, 0.1) is 11.3 Å². The largest absolute Gasteiger partial charge is 0.433 e. The Morgan fingerprint density at radius 1 is 0.739 bits per heavy atom. The van der Waals surface area contributed by atoms with Crippen LogP contribution in [0.3, 0.4) is 0 Å². The van der Waals surface area contributed by atoms with E-state index in [9.17, 15) is 4.79 Å². The highest BCUT2D eigenvalue weighted by atomic mass is 16.6. The Kier molecular flexibility index (Phi) is 3.31. The third-order valence-electron chi connectivity index (χ3n) is 3.96. The lowest BCUT2D eigenvalue weighted by atomic mass is 10.1. The van der Waals surface area contributed by atoms with Crippen molar-refractivity contribution in [3.05, 3.63) is 96.1 Å². The highest BCUT2D eigenvalue weighted by Gasteiger charge is 2.34. The lowest BCUT2D eigenvalue weighted by Gasteiger charge is -2.38. The van der Waals surface area contributed by atoms with Crippen molar-refractivity contribution in [2.75, 3.05) is 4.90 Å². The Morgan fingerprint density at radius 3 is 2.09 bits per heavy atom. The lowest BCUT2D eigenvalue weighted by Crippen LogP contribution is -2.34. The number of benzene rings is 3. The molecule has 3 aromatic rings. The second kappa shape index (κ2) is 5.61. The van der Waals surface area contributed by atoms with Crippen LogP contribution in [0.4, 0.5) is 11.4 Å². The van der Waals surface area contributed by atoms with Gasteiger partial charge in [-0.15, -0.1) is 0 Å². The molecule has 0 radical (unpaired) electrons. The van der Waals surface area contributed by atoms with Crippen LogP contribution in [0.2, 0.25) is 0 Å². The molecule has 0 saturated heterocycles. The van der Waals surface area contributed by atoms with Crippen molar-refractivity contribution in [1.82, 2.24) is 0 Å². The van der Waals surface area contributed by atoms with E-state index in [0.29, 0.717) is 5.56 Å². The molecule has 3 nitrogen and oxygen atoms in total. The van der Waals surface area contributed by atoms with E-state index in [4.69, 9.17) is 4.74 Å². The number of hydrogen-bond donors (Lipinski definition) is 0. The van der Waals surface area contributed by atoms with Crippen LogP contribution in [-0.2, 0) is 4.74 Å². The summed E-state index contributed by atoms with van der Waals surface area (Å²) < 4.78 is 5.75. The summed E-state index contributed by atoms with van der Waals surface area (Å²) in [6.45, 7) is 0. The van der Waals surface area contributed by atoms with Gasteiger partial charge in [0.15, 0.2) is 0 Å². The molecule has 3 heteroatoms. The highest BCUT2D eigenvalue weighted by molar-refractivity contribution is 5.99. The number of fused-ring (bicyclic) bond motifs is 1. The molecule has 1 atom stereocenters. The number of para-hydroxylation sites is 2. The summed E-state index contributed by atoms with van der Waals surface area (Å²) in [6.07, 6.45) is -0.471. The van der Waals surface area contributed by atoms with Crippen molar-refractivity contribution in [1.29, 1.82) is 0 Å². The molecule has 0 aliphatic carbocycles. The molecule has 0 N–H and O–H groups in total. The molecule has 1 aliphatic heterocycles. The molecule has 23 heavy (non-hydrogen) atoms. The normalized spacial score (nSPS) is 16.6. The predicted molar refractivity (Wildman–Crippen MR) is 89.6 cm³/mol. The monoisotopic (exact) mass is 301 g/mol. The molecule has 0 amide bonds. The summed E-state index contributed by atoms with van der Waals surface area (Å²) in [7, 11) is 0. The third-order valence-corrected chi connectivity index (χ3v) is 3.96. The van der Waals surface area contributed by atoms with Crippen molar-refractivity contribution in [3.8, 4) is 0 Å². The maximum absolute atomic E-state index is 12.4. The van der Waals surface area contributed by atoms with Gasteiger partial charge in [-0.2, -0.15) is 0 Å². The van der Waals surface area contributed by atoms with Gasteiger partial charge >= 0.3 is 5.97 Å². The summed E-state index contributed by atoms with van der Waals surface area (Å²) in [5.41, 5.74) is 3.38. The first-order valence-electron chi connectivity index (χ1n) is 7.54. The molecule has 112 valence electrons. The van der Waals surface area contributed by atoms with Crippen LogP contribution in [-0.4, -0.2) is 5.97 Å². The average molecular weight is 301 g/mol. The van der Waals surface area contributed by atoms with Crippen LogP contribution >= 0.6 is 0 Å². The quantitative estimate of drug-likeness (QED) is 0.643. The van der Waals surface area contributed by atoms with Crippen LogP contribution in [0.1, 0.15) is 22.1 Å². The minimum absolute atomic E-state index is 0.290. The van der Waals surface area contributed by atoms with Crippen LogP contribution < -0.4 is 4.90 Å². The topological polar surface area (TPSA) is 29.5 Å². The standard InChI is InChI=1S/C20H15NO2/c22-20-17-13-7-8-14-18(17)21(16-11-5-2-6-12-16)19(23-20)15-9-3-1-4-10-15/h1-14,19H. The van der Waals surface area contributed by atoms with Gasteiger partial charge in [0, 0.05) is 11.3 Å². The van der Waals surface area contributed by atoms with E-state index < -0.39 is 6.23 Å². The van der Waals surface area contributed by atoms with Gasteiger partial charge in [-0.25, -0.2) is 4.79 Å². The number of cyclic esters (lactones) is 1. The number of carbonyl (C=O) groups excluding carboxylic acids is 1. The first-order chi connectivity index (χ1) is 11.3. The molecule has 0 aromatic heterocycles. The number of ether oxygens (including phenoxy) is 1. The molecule has 1 unspecified atom stereocenters. The van der Waals surface area contributed by atoms with Crippen LogP contribution in [0, 0.1) is 0 Å². The summed E-state index contributed by atoms with van der Waals surface area (Å²) in [5.74, 6) is -0.290. The Bertz CT molecular complexity index is 831. The summed E-state index contributed by atoms with van der Waals surface area (Å²) in [4.78, 5) is 14.5. The van der Waals surface area contributed by atoms with Gasteiger partial charge in [-0.1, -0.05) is 60.7 Å². The van der Waals surface area contributed by atoms with Gasteiger partial charge < -0.3 is 9.64 Å². The van der Waals surface area contributed by atoms with E-state index in [2.05, 4.69) is 4.90 Å². The van der Waals surface area contributed by atoms with Gasteiger partial charge in [-0.05, 0) is 24.3 Å². The molecule has 3 aromatic carbocycles. The van der Waals surface area contributed by atoms with Crippen LogP contribution in [0.5, 0.6) is 0 Å². The first-order valence-corrected chi connectivity index (χ1v) is 7.54. The Labute approximate surface area is 134 Å². The number of hydrogen-bond acceptors (Lipinski definition) is 3. The van der Waals surface area contributed by atoms with E-state index >= 15 is 0 Å². The lowest BCUT2D eigenvalue weighted by molar-refractivity contribution is 0.0278.